The van der Waals surface area contributed by atoms with Crippen LogP contribution in [0.25, 0.3) is 0 Å². The fourth-order valence-corrected chi connectivity index (χ4v) is 2.84. The molecule has 3 nitrogen and oxygen atoms in total. The van der Waals surface area contributed by atoms with Crippen LogP contribution in [0.1, 0.15) is 37.7 Å². The summed E-state index contributed by atoms with van der Waals surface area (Å²) in [4.78, 5) is 11.4. The molecule has 1 aliphatic rings. The van der Waals surface area contributed by atoms with Crippen molar-refractivity contribution >= 4 is 5.97 Å². The molecule has 1 aromatic rings. The van der Waals surface area contributed by atoms with Crippen molar-refractivity contribution in [1.82, 2.24) is 0 Å². The molecule has 0 amide bonds. The van der Waals surface area contributed by atoms with Crippen LogP contribution < -0.4 is 4.74 Å². The second-order valence-corrected chi connectivity index (χ2v) is 5.47. The van der Waals surface area contributed by atoms with Crippen molar-refractivity contribution in [3.63, 3.8) is 0 Å². The van der Waals surface area contributed by atoms with E-state index in [1.807, 2.05) is 31.2 Å². The summed E-state index contributed by atoms with van der Waals surface area (Å²) < 4.78 is 5.68. The van der Waals surface area contributed by atoms with Gasteiger partial charge < -0.3 is 9.84 Å². The monoisotopic (exact) mass is 262 g/mol. The van der Waals surface area contributed by atoms with Crippen molar-refractivity contribution in [3.8, 4) is 5.75 Å². The lowest BCUT2D eigenvalue weighted by Gasteiger charge is -2.27. The molecule has 1 fully saturated rings. The summed E-state index contributed by atoms with van der Waals surface area (Å²) in [5, 5.41) is 9.38. The third-order valence-electron chi connectivity index (χ3n) is 3.96. The Morgan fingerprint density at radius 3 is 2.74 bits per heavy atom. The van der Waals surface area contributed by atoms with Crippen LogP contribution in [0.5, 0.6) is 5.75 Å². The molecule has 0 saturated heterocycles. The predicted octanol–water partition coefficient (Wildman–Crippen LogP) is 3.65. The molecule has 19 heavy (non-hydrogen) atoms. The minimum Gasteiger partial charge on any atom is -0.493 e. The van der Waals surface area contributed by atoms with Crippen molar-refractivity contribution in [2.75, 3.05) is 6.61 Å². The van der Waals surface area contributed by atoms with Crippen molar-refractivity contribution in [1.29, 1.82) is 0 Å². The van der Waals surface area contributed by atoms with Crippen LogP contribution in [0.4, 0.5) is 0 Å². The smallest absolute Gasteiger partial charge is 0.310 e. The van der Waals surface area contributed by atoms with E-state index in [-0.39, 0.29) is 18.4 Å². The molecule has 0 aliphatic heterocycles. The Morgan fingerprint density at radius 1 is 1.37 bits per heavy atom. The van der Waals surface area contributed by atoms with Crippen LogP contribution in [-0.4, -0.2) is 17.7 Å². The highest BCUT2D eigenvalue weighted by molar-refractivity contribution is 5.70. The molecule has 3 heteroatoms. The third-order valence-corrected chi connectivity index (χ3v) is 3.96. The standard InChI is InChI=1S/C16H22O3/c1-12-6-5-9-14(10-12)19-11-15(16(17)18)13-7-3-2-4-8-13/h5-6,9-10,13,15H,2-4,7-8,11H2,1H3,(H,17,18). The number of carboxylic acid groups (broad SMARTS) is 1. The molecule has 0 radical (unpaired) electrons. The van der Waals surface area contributed by atoms with Crippen LogP contribution >= 0.6 is 0 Å². The maximum absolute atomic E-state index is 11.4. The molecule has 2 rings (SSSR count). The van der Waals surface area contributed by atoms with Gasteiger partial charge in [-0.25, -0.2) is 0 Å². The number of ether oxygens (including phenoxy) is 1. The summed E-state index contributed by atoms with van der Waals surface area (Å²) in [5.74, 6) is -0.0570. The van der Waals surface area contributed by atoms with Crippen molar-refractivity contribution in [3.05, 3.63) is 29.8 Å². The molecule has 0 bridgehead atoms. The molecule has 1 saturated carbocycles. The van der Waals surface area contributed by atoms with Gasteiger partial charge in [-0.2, -0.15) is 0 Å². The van der Waals surface area contributed by atoms with E-state index in [1.165, 1.54) is 6.42 Å². The average Bonchev–Trinajstić information content (AvgIpc) is 2.40. The molecule has 1 N–H and O–H groups in total. The maximum atomic E-state index is 11.4. The lowest BCUT2D eigenvalue weighted by molar-refractivity contribution is -0.145. The number of carboxylic acids is 1. The molecular formula is C16H22O3. The Kier molecular flexibility index (Phi) is 4.83. The van der Waals surface area contributed by atoms with Crippen LogP contribution in [0.3, 0.4) is 0 Å². The number of aliphatic carboxylic acids is 1. The van der Waals surface area contributed by atoms with E-state index in [9.17, 15) is 9.90 Å². The first kappa shape index (κ1) is 13.9. The quantitative estimate of drug-likeness (QED) is 0.881. The SMILES string of the molecule is Cc1cccc(OCC(C(=O)O)C2CCCCC2)c1. The summed E-state index contributed by atoms with van der Waals surface area (Å²) in [6.07, 6.45) is 5.58. The first-order valence-corrected chi connectivity index (χ1v) is 7.09. The van der Waals surface area contributed by atoms with Crippen LogP contribution in [0.2, 0.25) is 0 Å². The van der Waals surface area contributed by atoms with E-state index in [2.05, 4.69) is 0 Å². The van der Waals surface area contributed by atoms with Crippen molar-refractivity contribution in [2.45, 2.75) is 39.0 Å². The molecule has 0 aromatic heterocycles. The van der Waals surface area contributed by atoms with E-state index >= 15 is 0 Å². The number of hydrogen-bond donors (Lipinski definition) is 1. The molecule has 0 spiro atoms. The number of benzene rings is 1. The Balaban J connectivity index is 1.95. The van der Waals surface area contributed by atoms with Crippen LogP contribution in [-0.2, 0) is 4.79 Å². The average molecular weight is 262 g/mol. The van der Waals surface area contributed by atoms with Crippen LogP contribution in [0.15, 0.2) is 24.3 Å². The fraction of sp³-hybridized carbons (Fsp3) is 0.562. The van der Waals surface area contributed by atoms with Gasteiger partial charge in [-0.3, -0.25) is 4.79 Å². The zero-order valence-electron chi connectivity index (χ0n) is 11.5. The van der Waals surface area contributed by atoms with Crippen molar-refractivity contribution in [2.24, 2.45) is 11.8 Å². The van der Waals surface area contributed by atoms with Gasteiger partial charge in [0.15, 0.2) is 0 Å². The third kappa shape index (κ3) is 3.98. The summed E-state index contributed by atoms with van der Waals surface area (Å²) in [6.45, 7) is 2.28. The summed E-state index contributed by atoms with van der Waals surface area (Å²) in [6, 6.07) is 7.76. The van der Waals surface area contributed by atoms with Gasteiger partial charge in [-0.1, -0.05) is 31.4 Å². The lowest BCUT2D eigenvalue weighted by Crippen LogP contribution is -2.30. The molecule has 0 heterocycles. The van der Waals surface area contributed by atoms with E-state index in [4.69, 9.17) is 4.74 Å². The summed E-state index contributed by atoms with van der Waals surface area (Å²) >= 11 is 0. The number of carbonyl (C=O) groups is 1. The normalized spacial score (nSPS) is 17.9. The van der Waals surface area contributed by atoms with Gasteiger partial charge in [0.1, 0.15) is 12.4 Å². The largest absolute Gasteiger partial charge is 0.493 e. The minimum atomic E-state index is -0.723. The number of aryl methyl sites for hydroxylation is 1. The highest BCUT2D eigenvalue weighted by Gasteiger charge is 2.29. The maximum Gasteiger partial charge on any atom is 0.310 e. The Morgan fingerprint density at radius 2 is 2.11 bits per heavy atom. The van der Waals surface area contributed by atoms with Gasteiger partial charge in [0.2, 0.25) is 0 Å². The molecule has 1 unspecified atom stereocenters. The second-order valence-electron chi connectivity index (χ2n) is 5.47. The van der Waals surface area contributed by atoms with Gasteiger partial charge in [0.05, 0.1) is 5.92 Å². The van der Waals surface area contributed by atoms with E-state index in [0.717, 1.165) is 37.0 Å². The molecule has 1 aliphatic carbocycles. The Labute approximate surface area is 114 Å². The molecule has 1 atom stereocenters. The second kappa shape index (κ2) is 6.60. The first-order chi connectivity index (χ1) is 9.16. The summed E-state index contributed by atoms with van der Waals surface area (Å²) in [7, 11) is 0. The van der Waals surface area contributed by atoms with Crippen molar-refractivity contribution < 1.29 is 14.6 Å². The lowest BCUT2D eigenvalue weighted by atomic mass is 9.80. The number of hydrogen-bond acceptors (Lipinski definition) is 2. The van der Waals surface area contributed by atoms with Gasteiger partial charge in [0.25, 0.3) is 0 Å². The Hall–Kier alpha value is -1.51. The zero-order chi connectivity index (χ0) is 13.7. The molecular weight excluding hydrogens is 240 g/mol. The topological polar surface area (TPSA) is 46.5 Å². The molecule has 1 aromatic carbocycles. The first-order valence-electron chi connectivity index (χ1n) is 7.09. The zero-order valence-corrected chi connectivity index (χ0v) is 11.5. The molecule has 104 valence electrons. The Bertz CT molecular complexity index is 422. The minimum absolute atomic E-state index is 0.274. The highest BCUT2D eigenvalue weighted by atomic mass is 16.5. The van der Waals surface area contributed by atoms with Crippen LogP contribution in [0, 0.1) is 18.8 Å². The van der Waals surface area contributed by atoms with Gasteiger partial charge >= 0.3 is 5.97 Å². The van der Waals surface area contributed by atoms with Gasteiger partial charge in [-0.15, -0.1) is 0 Å². The van der Waals surface area contributed by atoms with E-state index in [0.29, 0.717) is 0 Å². The van der Waals surface area contributed by atoms with Gasteiger partial charge in [-0.05, 0) is 43.4 Å². The van der Waals surface area contributed by atoms with Gasteiger partial charge in [0, 0.05) is 0 Å². The highest BCUT2D eigenvalue weighted by Crippen LogP contribution is 2.30. The predicted molar refractivity (Wildman–Crippen MR) is 74.4 cm³/mol. The number of rotatable bonds is 5. The fourth-order valence-electron chi connectivity index (χ4n) is 2.84. The van der Waals surface area contributed by atoms with E-state index < -0.39 is 5.97 Å². The van der Waals surface area contributed by atoms with E-state index in [1.54, 1.807) is 0 Å². The summed E-state index contributed by atoms with van der Waals surface area (Å²) in [5.41, 5.74) is 1.13.